The van der Waals surface area contributed by atoms with Crippen LogP contribution in [0.5, 0.6) is 0 Å². The second kappa shape index (κ2) is 3.75. The summed E-state index contributed by atoms with van der Waals surface area (Å²) in [6.45, 7) is 3.65. The van der Waals surface area contributed by atoms with Crippen molar-refractivity contribution in [3.05, 3.63) is 0 Å². The van der Waals surface area contributed by atoms with Gasteiger partial charge in [-0.15, -0.1) is 0 Å². The van der Waals surface area contributed by atoms with Crippen LogP contribution < -0.4 is 0 Å². The van der Waals surface area contributed by atoms with Gasteiger partial charge < -0.3 is 10.2 Å². The summed E-state index contributed by atoms with van der Waals surface area (Å²) in [7, 11) is 0. The summed E-state index contributed by atoms with van der Waals surface area (Å²) < 4.78 is 0. The van der Waals surface area contributed by atoms with E-state index in [0.717, 1.165) is 12.8 Å². The first-order valence-electron chi connectivity index (χ1n) is 4.98. The van der Waals surface area contributed by atoms with Gasteiger partial charge >= 0.3 is 0 Å². The quantitative estimate of drug-likeness (QED) is 0.680. The average Bonchev–Trinajstić information content (AvgIpc) is 2.55. The number of aliphatic hydroxyl groups is 2. The number of hydrogen-bond acceptors (Lipinski definition) is 2. The molecule has 2 heteroatoms. The smallest absolute Gasteiger partial charge is 0.0877 e. The minimum atomic E-state index is -0.880. The molecule has 1 aliphatic rings. The maximum absolute atomic E-state index is 9.83. The van der Waals surface area contributed by atoms with Crippen molar-refractivity contribution in [3.8, 4) is 0 Å². The fourth-order valence-electron chi connectivity index (χ4n) is 1.99. The van der Waals surface area contributed by atoms with Crippen LogP contribution in [0.1, 0.15) is 46.0 Å². The van der Waals surface area contributed by atoms with Crippen molar-refractivity contribution in [1.82, 2.24) is 0 Å². The molecule has 0 aromatic rings. The summed E-state index contributed by atoms with van der Waals surface area (Å²) >= 11 is 0. The minimum absolute atomic E-state index is 0.333. The average molecular weight is 172 g/mol. The van der Waals surface area contributed by atoms with Crippen molar-refractivity contribution < 1.29 is 10.2 Å². The lowest BCUT2D eigenvalue weighted by atomic mass is 9.85. The Morgan fingerprint density at radius 1 is 1.42 bits per heavy atom. The molecule has 2 atom stereocenters. The predicted molar refractivity (Wildman–Crippen MR) is 48.9 cm³/mol. The molecule has 1 aliphatic carbocycles. The molecule has 1 rings (SSSR count). The lowest BCUT2D eigenvalue weighted by Crippen LogP contribution is -2.42. The zero-order valence-corrected chi connectivity index (χ0v) is 8.08. The van der Waals surface area contributed by atoms with Gasteiger partial charge in [0, 0.05) is 0 Å². The third-order valence-electron chi connectivity index (χ3n) is 3.20. The molecular weight excluding hydrogens is 152 g/mol. The summed E-state index contributed by atoms with van der Waals surface area (Å²) in [6, 6.07) is 0. The summed E-state index contributed by atoms with van der Waals surface area (Å²) in [6.07, 6.45) is 4.69. The lowest BCUT2D eigenvalue weighted by molar-refractivity contribution is -0.0894. The minimum Gasteiger partial charge on any atom is -0.390 e. The molecular formula is C10H20O2. The Morgan fingerprint density at radius 3 is 2.33 bits per heavy atom. The summed E-state index contributed by atoms with van der Waals surface area (Å²) in [5.74, 6) is 0.333. The summed E-state index contributed by atoms with van der Waals surface area (Å²) in [5.41, 5.74) is -0.880. The van der Waals surface area contributed by atoms with Crippen molar-refractivity contribution in [2.45, 2.75) is 57.7 Å². The number of rotatable bonds is 3. The molecule has 0 saturated heterocycles. The molecule has 2 unspecified atom stereocenters. The highest BCUT2D eigenvalue weighted by atomic mass is 16.3. The fraction of sp³-hybridized carbons (Fsp3) is 1.00. The zero-order valence-electron chi connectivity index (χ0n) is 8.08. The molecule has 2 nitrogen and oxygen atoms in total. The van der Waals surface area contributed by atoms with Crippen LogP contribution >= 0.6 is 0 Å². The van der Waals surface area contributed by atoms with Crippen LogP contribution in [0.15, 0.2) is 0 Å². The Labute approximate surface area is 74.6 Å². The van der Waals surface area contributed by atoms with Crippen LogP contribution in [-0.4, -0.2) is 21.9 Å². The maximum atomic E-state index is 9.83. The molecule has 72 valence electrons. The van der Waals surface area contributed by atoms with Crippen LogP contribution in [0.3, 0.4) is 0 Å². The van der Waals surface area contributed by atoms with E-state index in [9.17, 15) is 10.2 Å². The molecule has 0 spiro atoms. The van der Waals surface area contributed by atoms with Crippen LogP contribution in [0, 0.1) is 5.92 Å². The van der Waals surface area contributed by atoms with Gasteiger partial charge in [-0.25, -0.2) is 0 Å². The third kappa shape index (κ3) is 1.99. The Bertz CT molecular complexity index is 137. The Kier molecular flexibility index (Phi) is 3.13. The first-order chi connectivity index (χ1) is 5.58. The molecule has 12 heavy (non-hydrogen) atoms. The van der Waals surface area contributed by atoms with Gasteiger partial charge in [0.1, 0.15) is 0 Å². The molecule has 0 bridgehead atoms. The number of aliphatic hydroxyl groups excluding tert-OH is 1. The zero-order chi connectivity index (χ0) is 9.19. The van der Waals surface area contributed by atoms with E-state index in [0.29, 0.717) is 12.3 Å². The summed E-state index contributed by atoms with van der Waals surface area (Å²) in [4.78, 5) is 0. The molecule has 0 radical (unpaired) electrons. The molecule has 0 aromatic carbocycles. The first kappa shape index (κ1) is 10.0. The predicted octanol–water partition coefficient (Wildman–Crippen LogP) is 1.70. The van der Waals surface area contributed by atoms with E-state index >= 15 is 0 Å². The highest BCUT2D eigenvalue weighted by molar-refractivity contribution is 4.87. The van der Waals surface area contributed by atoms with Gasteiger partial charge in [0.15, 0.2) is 0 Å². The fourth-order valence-corrected chi connectivity index (χ4v) is 1.99. The van der Waals surface area contributed by atoms with Crippen molar-refractivity contribution in [3.63, 3.8) is 0 Å². The van der Waals surface area contributed by atoms with Crippen LogP contribution in [0.4, 0.5) is 0 Å². The lowest BCUT2D eigenvalue weighted by Gasteiger charge is -2.31. The van der Waals surface area contributed by atoms with Crippen LogP contribution in [-0.2, 0) is 0 Å². The Hall–Kier alpha value is -0.0800. The molecule has 0 aromatic heterocycles. The van der Waals surface area contributed by atoms with E-state index in [1.807, 2.05) is 6.92 Å². The van der Waals surface area contributed by atoms with Crippen molar-refractivity contribution in [2.24, 2.45) is 5.92 Å². The van der Waals surface area contributed by atoms with Crippen molar-refractivity contribution in [1.29, 1.82) is 0 Å². The Morgan fingerprint density at radius 2 is 1.92 bits per heavy atom. The SMILES string of the molecule is CCC(C)(O)C(O)C1CCCC1. The van der Waals surface area contributed by atoms with Gasteiger partial charge in [0.25, 0.3) is 0 Å². The van der Waals surface area contributed by atoms with Gasteiger partial charge in [0.2, 0.25) is 0 Å². The highest BCUT2D eigenvalue weighted by Crippen LogP contribution is 2.33. The molecule has 1 fully saturated rings. The van der Waals surface area contributed by atoms with Crippen molar-refractivity contribution in [2.75, 3.05) is 0 Å². The van der Waals surface area contributed by atoms with E-state index in [1.54, 1.807) is 6.92 Å². The van der Waals surface area contributed by atoms with Gasteiger partial charge in [-0.05, 0) is 32.1 Å². The monoisotopic (exact) mass is 172 g/mol. The van der Waals surface area contributed by atoms with Gasteiger partial charge in [-0.1, -0.05) is 19.8 Å². The first-order valence-corrected chi connectivity index (χ1v) is 4.98. The van der Waals surface area contributed by atoms with Crippen molar-refractivity contribution >= 4 is 0 Å². The normalized spacial score (nSPS) is 27.0. The van der Waals surface area contributed by atoms with E-state index in [4.69, 9.17) is 0 Å². The van der Waals surface area contributed by atoms with Crippen LogP contribution in [0.2, 0.25) is 0 Å². The second-order valence-electron chi connectivity index (χ2n) is 4.20. The van der Waals surface area contributed by atoms with Crippen LogP contribution in [0.25, 0.3) is 0 Å². The van der Waals surface area contributed by atoms with E-state index < -0.39 is 11.7 Å². The Balaban J connectivity index is 2.50. The molecule has 1 saturated carbocycles. The van der Waals surface area contributed by atoms with E-state index in [1.165, 1.54) is 12.8 Å². The standard InChI is InChI=1S/C10H20O2/c1-3-10(2,12)9(11)8-6-4-5-7-8/h8-9,11-12H,3-7H2,1-2H3. The highest BCUT2D eigenvalue weighted by Gasteiger charge is 2.35. The number of hydrogen-bond donors (Lipinski definition) is 2. The third-order valence-corrected chi connectivity index (χ3v) is 3.20. The molecule has 2 N–H and O–H groups in total. The van der Waals surface area contributed by atoms with E-state index in [-0.39, 0.29) is 0 Å². The topological polar surface area (TPSA) is 40.5 Å². The molecule has 0 heterocycles. The van der Waals surface area contributed by atoms with Gasteiger partial charge in [0.05, 0.1) is 11.7 Å². The second-order valence-corrected chi connectivity index (χ2v) is 4.20. The maximum Gasteiger partial charge on any atom is 0.0877 e. The summed E-state index contributed by atoms with van der Waals surface area (Å²) in [5, 5.41) is 19.6. The van der Waals surface area contributed by atoms with Gasteiger partial charge in [-0.3, -0.25) is 0 Å². The van der Waals surface area contributed by atoms with Gasteiger partial charge in [-0.2, -0.15) is 0 Å². The largest absolute Gasteiger partial charge is 0.390 e. The molecule has 0 aliphatic heterocycles. The van der Waals surface area contributed by atoms with E-state index in [2.05, 4.69) is 0 Å². The molecule has 0 amide bonds.